The zero-order valence-electron chi connectivity index (χ0n) is 12.8. The lowest BCUT2D eigenvalue weighted by atomic mass is 9.50. The molecule has 3 aliphatic carbocycles. The van der Waals surface area contributed by atoms with Crippen LogP contribution in [0.25, 0.3) is 0 Å². The maximum absolute atomic E-state index is 14.5. The van der Waals surface area contributed by atoms with E-state index in [1.807, 2.05) is 6.92 Å². The summed E-state index contributed by atoms with van der Waals surface area (Å²) in [4.78, 5) is 0. The number of benzene rings is 1. The topological polar surface area (TPSA) is 9.23 Å². The average Bonchev–Trinajstić information content (AvgIpc) is 2.47. The normalized spacial score (nSPS) is 35.4. The zero-order chi connectivity index (χ0) is 16.2. The molecule has 3 fully saturated rings. The van der Waals surface area contributed by atoms with Gasteiger partial charge in [0.05, 0.1) is 12.0 Å². The molecule has 1 aromatic carbocycles. The van der Waals surface area contributed by atoms with Gasteiger partial charge < -0.3 is 4.74 Å². The molecule has 2 bridgehead atoms. The van der Waals surface area contributed by atoms with E-state index < -0.39 is 22.7 Å². The van der Waals surface area contributed by atoms with Gasteiger partial charge in [0.1, 0.15) is 5.75 Å². The van der Waals surface area contributed by atoms with E-state index in [1.54, 1.807) is 24.3 Å². The first-order valence-corrected chi connectivity index (χ1v) is 7.59. The summed E-state index contributed by atoms with van der Waals surface area (Å²) in [7, 11) is 0. The second kappa shape index (κ2) is 4.62. The fraction of sp³-hybridized carbons (Fsp3) is 0.647. The van der Waals surface area contributed by atoms with Crippen molar-refractivity contribution in [2.45, 2.75) is 51.4 Å². The number of halogens is 4. The molecule has 0 atom stereocenters. The monoisotopic (exact) mass is 316 g/mol. The average molecular weight is 316 g/mol. The number of rotatable bonds is 3. The van der Waals surface area contributed by atoms with Crippen molar-refractivity contribution in [3.63, 3.8) is 0 Å². The standard InChI is InChI=1S/C17H20F4O/c1-12-3-5-13(6-4-12)22-11-15-9-7-14(2,8-10-15)16(18,19)17(15,20)21/h3-6H,7-11H2,1-2H3. The second-order valence-electron chi connectivity index (χ2n) is 7.09. The fourth-order valence-corrected chi connectivity index (χ4v) is 3.71. The Bertz CT molecular complexity index is 557. The van der Waals surface area contributed by atoms with Crippen molar-refractivity contribution in [1.29, 1.82) is 0 Å². The van der Waals surface area contributed by atoms with Crippen LogP contribution in [0.1, 0.15) is 38.2 Å². The van der Waals surface area contributed by atoms with Gasteiger partial charge in [-0.05, 0) is 44.7 Å². The van der Waals surface area contributed by atoms with E-state index in [0.717, 1.165) is 5.56 Å². The van der Waals surface area contributed by atoms with Crippen molar-refractivity contribution >= 4 is 0 Å². The van der Waals surface area contributed by atoms with Gasteiger partial charge in [-0.3, -0.25) is 0 Å². The third kappa shape index (κ3) is 1.90. The van der Waals surface area contributed by atoms with Crippen molar-refractivity contribution in [3.8, 4) is 5.75 Å². The number of fused-ring (bicyclic) bond motifs is 3. The Morgan fingerprint density at radius 1 is 0.909 bits per heavy atom. The van der Waals surface area contributed by atoms with Gasteiger partial charge in [0, 0.05) is 5.41 Å². The molecule has 0 spiro atoms. The Hall–Kier alpha value is -1.26. The highest BCUT2D eigenvalue weighted by Gasteiger charge is 2.80. The van der Waals surface area contributed by atoms with Crippen LogP contribution >= 0.6 is 0 Å². The highest BCUT2D eigenvalue weighted by atomic mass is 19.3. The van der Waals surface area contributed by atoms with Gasteiger partial charge in [0.25, 0.3) is 0 Å². The molecule has 0 radical (unpaired) electrons. The van der Waals surface area contributed by atoms with Crippen LogP contribution in [0.5, 0.6) is 5.75 Å². The summed E-state index contributed by atoms with van der Waals surface area (Å²) in [6, 6.07) is 6.97. The number of hydrogen-bond acceptors (Lipinski definition) is 1. The van der Waals surface area contributed by atoms with Gasteiger partial charge in [-0.1, -0.05) is 24.6 Å². The van der Waals surface area contributed by atoms with Crippen molar-refractivity contribution in [2.24, 2.45) is 10.8 Å². The Morgan fingerprint density at radius 3 is 2.00 bits per heavy atom. The lowest BCUT2D eigenvalue weighted by Gasteiger charge is -2.59. The van der Waals surface area contributed by atoms with E-state index >= 15 is 0 Å². The maximum atomic E-state index is 14.5. The molecule has 0 amide bonds. The van der Waals surface area contributed by atoms with Crippen LogP contribution in [0, 0.1) is 17.8 Å². The molecule has 4 rings (SSSR count). The van der Waals surface area contributed by atoms with Gasteiger partial charge >= 0.3 is 11.8 Å². The van der Waals surface area contributed by atoms with Crippen LogP contribution in [0.2, 0.25) is 0 Å². The molecule has 0 saturated heterocycles. The largest absolute Gasteiger partial charge is 0.493 e. The van der Waals surface area contributed by atoms with Crippen LogP contribution in [0.4, 0.5) is 17.6 Å². The Morgan fingerprint density at radius 2 is 1.45 bits per heavy atom. The first kappa shape index (κ1) is 15.6. The van der Waals surface area contributed by atoms with Crippen LogP contribution < -0.4 is 4.74 Å². The highest BCUT2D eigenvalue weighted by Crippen LogP contribution is 2.70. The number of hydrogen-bond donors (Lipinski definition) is 0. The van der Waals surface area contributed by atoms with E-state index in [4.69, 9.17) is 4.74 Å². The summed E-state index contributed by atoms with van der Waals surface area (Å²) in [5, 5.41) is 0. The minimum absolute atomic E-state index is 0.0813. The Balaban J connectivity index is 1.84. The third-order valence-corrected chi connectivity index (χ3v) is 5.67. The van der Waals surface area contributed by atoms with E-state index in [0.29, 0.717) is 5.75 Å². The predicted molar refractivity (Wildman–Crippen MR) is 75.6 cm³/mol. The Labute approximate surface area is 127 Å². The summed E-state index contributed by atoms with van der Waals surface area (Å²) < 4.78 is 63.1. The maximum Gasteiger partial charge on any atom is 0.319 e. The van der Waals surface area contributed by atoms with Crippen LogP contribution in [-0.4, -0.2) is 18.5 Å². The molecule has 3 saturated carbocycles. The second-order valence-corrected chi connectivity index (χ2v) is 7.09. The molecular formula is C17H20F4O. The minimum Gasteiger partial charge on any atom is -0.493 e. The molecule has 3 aliphatic rings. The van der Waals surface area contributed by atoms with E-state index in [9.17, 15) is 17.6 Å². The van der Waals surface area contributed by atoms with Crippen LogP contribution in [-0.2, 0) is 0 Å². The number of ether oxygens (including phenoxy) is 1. The molecule has 0 aliphatic heterocycles. The molecule has 5 heteroatoms. The molecular weight excluding hydrogens is 296 g/mol. The molecule has 0 aromatic heterocycles. The number of aryl methyl sites for hydroxylation is 1. The van der Waals surface area contributed by atoms with Crippen LogP contribution in [0.15, 0.2) is 24.3 Å². The van der Waals surface area contributed by atoms with Crippen molar-refractivity contribution < 1.29 is 22.3 Å². The summed E-state index contributed by atoms with van der Waals surface area (Å²) in [5.41, 5.74) is -2.34. The first-order chi connectivity index (χ1) is 10.1. The Kier molecular flexibility index (Phi) is 3.28. The fourth-order valence-electron chi connectivity index (χ4n) is 3.71. The molecule has 0 unspecified atom stereocenters. The highest BCUT2D eigenvalue weighted by molar-refractivity contribution is 5.27. The minimum atomic E-state index is -4.03. The first-order valence-electron chi connectivity index (χ1n) is 7.59. The lowest BCUT2D eigenvalue weighted by molar-refractivity contribution is -0.367. The van der Waals surface area contributed by atoms with Gasteiger partial charge in [0.2, 0.25) is 0 Å². The quantitative estimate of drug-likeness (QED) is 0.694. The van der Waals surface area contributed by atoms with E-state index in [1.165, 1.54) is 6.92 Å². The molecule has 1 aromatic rings. The van der Waals surface area contributed by atoms with Gasteiger partial charge in [-0.15, -0.1) is 0 Å². The molecule has 1 nitrogen and oxygen atoms in total. The lowest BCUT2D eigenvalue weighted by Crippen LogP contribution is -2.70. The molecule has 0 heterocycles. The zero-order valence-corrected chi connectivity index (χ0v) is 12.8. The third-order valence-electron chi connectivity index (χ3n) is 5.67. The summed E-state index contributed by atoms with van der Waals surface area (Å²) in [5.74, 6) is -7.57. The van der Waals surface area contributed by atoms with Crippen LogP contribution in [0.3, 0.4) is 0 Å². The van der Waals surface area contributed by atoms with Crippen molar-refractivity contribution in [1.82, 2.24) is 0 Å². The van der Waals surface area contributed by atoms with E-state index in [2.05, 4.69) is 0 Å². The summed E-state index contributed by atoms with van der Waals surface area (Å²) in [6.45, 7) is 2.82. The summed E-state index contributed by atoms with van der Waals surface area (Å²) >= 11 is 0. The molecule has 0 N–H and O–H groups in total. The predicted octanol–water partition coefficient (Wildman–Crippen LogP) is 5.22. The smallest absolute Gasteiger partial charge is 0.319 e. The number of alkyl halides is 4. The van der Waals surface area contributed by atoms with Gasteiger partial charge in [0.15, 0.2) is 0 Å². The molecule has 22 heavy (non-hydrogen) atoms. The van der Waals surface area contributed by atoms with Gasteiger partial charge in [-0.2, -0.15) is 17.6 Å². The summed E-state index contributed by atoms with van der Waals surface area (Å²) in [6.07, 6.45) is 0.398. The SMILES string of the molecule is Cc1ccc(OCC23CCC(C)(CC2)C(F)(F)C3(F)F)cc1. The molecule has 122 valence electrons. The van der Waals surface area contributed by atoms with Gasteiger partial charge in [-0.25, -0.2) is 0 Å². The van der Waals surface area contributed by atoms with Crippen molar-refractivity contribution in [2.75, 3.05) is 6.61 Å². The van der Waals surface area contributed by atoms with E-state index in [-0.39, 0.29) is 32.3 Å². The van der Waals surface area contributed by atoms with Crippen molar-refractivity contribution in [3.05, 3.63) is 29.8 Å².